The van der Waals surface area contributed by atoms with Crippen LogP contribution >= 0.6 is 15.9 Å². The van der Waals surface area contributed by atoms with E-state index in [0.717, 1.165) is 19.9 Å². The molecule has 1 amide bonds. The molecule has 9 heteroatoms. The summed E-state index contributed by atoms with van der Waals surface area (Å²) in [7, 11) is -3.90. The smallest absolute Gasteiger partial charge is 0.255 e. The number of amides is 1. The molecule has 0 spiro atoms. The fraction of sp³-hybridized carbons (Fsp3) is 0.136. The zero-order valence-electron chi connectivity index (χ0n) is 16.8. The van der Waals surface area contributed by atoms with Crippen molar-refractivity contribution in [2.75, 3.05) is 6.54 Å². The average molecular weight is 501 g/mol. The second kappa shape index (κ2) is 10.4. The first-order chi connectivity index (χ1) is 14.8. The summed E-state index contributed by atoms with van der Waals surface area (Å²) in [6.45, 7) is 1.54. The Morgan fingerprint density at radius 2 is 1.81 bits per heavy atom. The number of carbonyl (C=O) groups is 1. The maximum atomic E-state index is 13.2. The summed E-state index contributed by atoms with van der Waals surface area (Å²) in [5.41, 5.74) is 4.64. The molecule has 1 aromatic heterocycles. The Kier molecular flexibility index (Phi) is 7.67. The van der Waals surface area contributed by atoms with Gasteiger partial charge < -0.3 is 0 Å². The third-order valence-corrected chi connectivity index (χ3v) is 6.66. The molecule has 7 nitrogen and oxygen atoms in total. The molecule has 160 valence electrons. The maximum Gasteiger partial charge on any atom is 0.255 e. The Balaban J connectivity index is 1.79. The van der Waals surface area contributed by atoms with E-state index in [1.165, 1.54) is 18.3 Å². The van der Waals surface area contributed by atoms with Gasteiger partial charge in [0.25, 0.3) is 5.91 Å². The SMILES string of the molecule is Cc1ccc(S(=O)(=O)N(CC(=O)N/N=C\c2ccccn2)Cc2ccc(Br)cc2)cc1. The summed E-state index contributed by atoms with van der Waals surface area (Å²) in [6, 6.07) is 19.1. The Morgan fingerprint density at radius 1 is 1.10 bits per heavy atom. The van der Waals surface area contributed by atoms with Gasteiger partial charge in [0, 0.05) is 17.2 Å². The number of rotatable bonds is 8. The predicted molar refractivity (Wildman–Crippen MR) is 123 cm³/mol. The lowest BCUT2D eigenvalue weighted by atomic mass is 10.2. The van der Waals surface area contributed by atoms with Crippen molar-refractivity contribution in [3.8, 4) is 0 Å². The zero-order chi connectivity index (χ0) is 22.3. The van der Waals surface area contributed by atoms with Gasteiger partial charge in [-0.3, -0.25) is 9.78 Å². The third-order valence-electron chi connectivity index (χ3n) is 4.32. The van der Waals surface area contributed by atoms with Crippen LogP contribution in [0, 0.1) is 6.92 Å². The summed E-state index contributed by atoms with van der Waals surface area (Å²) in [6.07, 6.45) is 3.00. The van der Waals surface area contributed by atoms with E-state index < -0.39 is 15.9 Å². The van der Waals surface area contributed by atoms with Crippen molar-refractivity contribution in [2.45, 2.75) is 18.4 Å². The third kappa shape index (κ3) is 6.55. The van der Waals surface area contributed by atoms with Crippen LogP contribution in [0.1, 0.15) is 16.8 Å². The molecule has 0 bridgehead atoms. The van der Waals surface area contributed by atoms with Gasteiger partial charge in [0.05, 0.1) is 23.3 Å². The van der Waals surface area contributed by atoms with Crippen LogP contribution in [-0.4, -0.2) is 36.4 Å². The van der Waals surface area contributed by atoms with Crippen LogP contribution in [0.25, 0.3) is 0 Å². The molecule has 1 heterocycles. The number of nitrogens with zero attached hydrogens (tertiary/aromatic N) is 3. The highest BCUT2D eigenvalue weighted by Crippen LogP contribution is 2.20. The minimum atomic E-state index is -3.90. The molecular formula is C22H21BrN4O3S. The normalized spacial score (nSPS) is 11.7. The molecule has 0 saturated carbocycles. The standard InChI is InChI=1S/C22H21BrN4O3S/c1-17-5-11-21(12-6-17)31(29,30)27(15-18-7-9-19(23)10-8-18)16-22(28)26-25-14-20-4-2-3-13-24-20/h2-14H,15-16H2,1H3,(H,26,28)/b25-14-. The molecule has 0 aliphatic heterocycles. The van der Waals surface area contributed by atoms with Crippen LogP contribution in [0.2, 0.25) is 0 Å². The first kappa shape index (κ1) is 22.8. The number of aromatic nitrogens is 1. The minimum Gasteiger partial charge on any atom is -0.272 e. The van der Waals surface area contributed by atoms with Gasteiger partial charge in [-0.05, 0) is 48.9 Å². The Morgan fingerprint density at radius 3 is 2.45 bits per heavy atom. The number of hydrogen-bond donors (Lipinski definition) is 1. The van der Waals surface area contributed by atoms with Crippen molar-refractivity contribution in [3.05, 3.63) is 94.2 Å². The van der Waals surface area contributed by atoms with E-state index in [9.17, 15) is 13.2 Å². The molecule has 3 aromatic rings. The van der Waals surface area contributed by atoms with Gasteiger partial charge in [-0.2, -0.15) is 9.41 Å². The highest BCUT2D eigenvalue weighted by atomic mass is 79.9. The first-order valence-electron chi connectivity index (χ1n) is 9.39. The van der Waals surface area contributed by atoms with E-state index in [1.54, 1.807) is 48.7 Å². The summed E-state index contributed by atoms with van der Waals surface area (Å²) < 4.78 is 28.5. The quantitative estimate of drug-likeness (QED) is 0.378. The van der Waals surface area contributed by atoms with Crippen LogP contribution in [0.3, 0.4) is 0 Å². The lowest BCUT2D eigenvalue weighted by Crippen LogP contribution is -2.39. The lowest BCUT2D eigenvalue weighted by molar-refractivity contribution is -0.121. The summed E-state index contributed by atoms with van der Waals surface area (Å²) in [5, 5.41) is 3.86. The van der Waals surface area contributed by atoms with Crippen molar-refractivity contribution < 1.29 is 13.2 Å². The number of hydrazone groups is 1. The topological polar surface area (TPSA) is 91.7 Å². The first-order valence-corrected chi connectivity index (χ1v) is 11.6. The molecule has 0 fully saturated rings. The van der Waals surface area contributed by atoms with Crippen LogP contribution in [0.5, 0.6) is 0 Å². The summed E-state index contributed by atoms with van der Waals surface area (Å²) >= 11 is 3.37. The molecule has 0 aliphatic carbocycles. The molecule has 0 aliphatic rings. The number of hydrogen-bond acceptors (Lipinski definition) is 5. The highest BCUT2D eigenvalue weighted by Gasteiger charge is 2.27. The van der Waals surface area contributed by atoms with Crippen molar-refractivity contribution in [1.29, 1.82) is 0 Å². The van der Waals surface area contributed by atoms with Crippen LogP contribution < -0.4 is 5.43 Å². The maximum absolute atomic E-state index is 13.2. The number of nitrogens with one attached hydrogen (secondary N) is 1. The monoisotopic (exact) mass is 500 g/mol. The van der Waals surface area contributed by atoms with Crippen LogP contribution in [0.4, 0.5) is 0 Å². The largest absolute Gasteiger partial charge is 0.272 e. The van der Waals surface area contributed by atoms with Gasteiger partial charge in [0.15, 0.2) is 0 Å². The van der Waals surface area contributed by atoms with E-state index in [-0.39, 0.29) is 18.0 Å². The molecule has 0 radical (unpaired) electrons. The number of halogens is 1. The lowest BCUT2D eigenvalue weighted by Gasteiger charge is -2.21. The molecule has 31 heavy (non-hydrogen) atoms. The number of sulfonamides is 1. The minimum absolute atomic E-state index is 0.0425. The van der Waals surface area contributed by atoms with Crippen molar-refractivity contribution in [2.24, 2.45) is 5.10 Å². The van der Waals surface area contributed by atoms with Gasteiger partial charge in [0.2, 0.25) is 10.0 Å². The van der Waals surface area contributed by atoms with E-state index in [2.05, 4.69) is 31.4 Å². The molecule has 1 N–H and O–H groups in total. The molecule has 0 unspecified atom stereocenters. The van der Waals surface area contributed by atoms with E-state index in [1.807, 2.05) is 19.1 Å². The predicted octanol–water partition coefficient (Wildman–Crippen LogP) is 3.49. The van der Waals surface area contributed by atoms with Gasteiger partial charge in [-0.15, -0.1) is 0 Å². The fourth-order valence-corrected chi connectivity index (χ4v) is 4.35. The second-order valence-electron chi connectivity index (χ2n) is 6.76. The van der Waals surface area contributed by atoms with Gasteiger partial charge >= 0.3 is 0 Å². The molecule has 0 atom stereocenters. The number of aryl methyl sites for hydroxylation is 1. The van der Waals surface area contributed by atoms with Crippen molar-refractivity contribution >= 4 is 38.1 Å². The van der Waals surface area contributed by atoms with Crippen molar-refractivity contribution in [3.63, 3.8) is 0 Å². The van der Waals surface area contributed by atoms with Crippen molar-refractivity contribution in [1.82, 2.24) is 14.7 Å². The Bertz CT molecular complexity index is 1150. The van der Waals surface area contributed by atoms with Gasteiger partial charge in [-0.25, -0.2) is 13.8 Å². The van der Waals surface area contributed by atoms with Gasteiger partial charge in [0.1, 0.15) is 0 Å². The number of pyridine rings is 1. The van der Waals surface area contributed by atoms with Crippen LogP contribution in [-0.2, 0) is 21.4 Å². The number of benzene rings is 2. The zero-order valence-corrected chi connectivity index (χ0v) is 19.2. The van der Waals surface area contributed by atoms with E-state index >= 15 is 0 Å². The molecule has 3 rings (SSSR count). The molecule has 2 aromatic carbocycles. The summed E-state index contributed by atoms with van der Waals surface area (Å²) in [5.74, 6) is -0.556. The molecule has 0 saturated heterocycles. The Labute approximate surface area is 190 Å². The summed E-state index contributed by atoms with van der Waals surface area (Å²) in [4.78, 5) is 16.7. The van der Waals surface area contributed by atoms with E-state index in [0.29, 0.717) is 5.69 Å². The van der Waals surface area contributed by atoms with Gasteiger partial charge in [-0.1, -0.05) is 51.8 Å². The molecular weight excluding hydrogens is 480 g/mol. The average Bonchev–Trinajstić information content (AvgIpc) is 2.76. The fourth-order valence-electron chi connectivity index (χ4n) is 2.70. The second-order valence-corrected chi connectivity index (χ2v) is 9.61. The Hall–Kier alpha value is -2.88. The van der Waals surface area contributed by atoms with E-state index in [4.69, 9.17) is 0 Å². The van der Waals surface area contributed by atoms with Crippen LogP contribution in [0.15, 0.2) is 87.4 Å². The highest BCUT2D eigenvalue weighted by molar-refractivity contribution is 9.10. The number of carbonyl (C=O) groups excluding carboxylic acids is 1.